The highest BCUT2D eigenvalue weighted by Gasteiger charge is 2.05. The van der Waals surface area contributed by atoms with Crippen LogP contribution < -0.4 is 0 Å². The second-order valence-electron chi connectivity index (χ2n) is 2.15. The van der Waals surface area contributed by atoms with Crippen molar-refractivity contribution in [2.45, 2.75) is 4.90 Å². The standard InChI is InChI=1S/C7H8ClPS2/c1-9(8,10)11-7-5-3-2-4-6-7/h2-6H,1H3. The predicted molar refractivity (Wildman–Crippen MR) is 58.4 cm³/mol. The van der Waals surface area contributed by atoms with Crippen LogP contribution in [0.15, 0.2) is 35.2 Å². The van der Waals surface area contributed by atoms with Gasteiger partial charge in [0.25, 0.3) is 0 Å². The number of hydrogen-bond acceptors (Lipinski definition) is 2. The van der Waals surface area contributed by atoms with E-state index in [4.69, 9.17) is 23.0 Å². The molecule has 0 bridgehead atoms. The van der Waals surface area contributed by atoms with Gasteiger partial charge < -0.3 is 0 Å². The molecule has 0 fully saturated rings. The maximum Gasteiger partial charge on any atom is 0.0905 e. The zero-order valence-electron chi connectivity index (χ0n) is 6.03. The van der Waals surface area contributed by atoms with Gasteiger partial charge in [0.2, 0.25) is 0 Å². The highest BCUT2D eigenvalue weighted by molar-refractivity contribution is 8.77. The SMILES string of the molecule is CP(=S)(Cl)Sc1ccccc1. The van der Waals surface area contributed by atoms with Crippen LogP contribution in [-0.4, -0.2) is 6.66 Å². The smallest absolute Gasteiger partial charge is 0.0739 e. The molecule has 4 heteroatoms. The lowest BCUT2D eigenvalue weighted by molar-refractivity contribution is 1.48. The molecule has 0 heterocycles. The number of halogens is 1. The molecule has 0 saturated heterocycles. The number of hydrogen-bond donors (Lipinski definition) is 0. The Hall–Kier alpha value is 0.510. The third-order valence-corrected chi connectivity index (χ3v) is 4.72. The molecule has 0 saturated carbocycles. The number of rotatable bonds is 2. The fourth-order valence-corrected chi connectivity index (χ4v) is 4.31. The van der Waals surface area contributed by atoms with Gasteiger partial charge >= 0.3 is 0 Å². The van der Waals surface area contributed by atoms with Gasteiger partial charge in [0.05, 0.1) is 4.59 Å². The normalized spacial score (nSPS) is 15.8. The molecule has 0 N–H and O–H groups in total. The molecule has 0 nitrogen and oxygen atoms in total. The molecule has 1 aromatic rings. The van der Waals surface area contributed by atoms with Crippen LogP contribution in [0.25, 0.3) is 0 Å². The third-order valence-electron chi connectivity index (χ3n) is 1.01. The van der Waals surface area contributed by atoms with Gasteiger partial charge in [0.1, 0.15) is 0 Å². The van der Waals surface area contributed by atoms with Gasteiger partial charge in [-0.3, -0.25) is 0 Å². The molecule has 11 heavy (non-hydrogen) atoms. The predicted octanol–water partition coefficient (Wildman–Crippen LogP) is 3.96. The van der Waals surface area contributed by atoms with Crippen molar-refractivity contribution in [1.82, 2.24) is 0 Å². The van der Waals surface area contributed by atoms with Gasteiger partial charge in [0.15, 0.2) is 0 Å². The van der Waals surface area contributed by atoms with Gasteiger partial charge in [-0.25, -0.2) is 0 Å². The minimum Gasteiger partial charge on any atom is -0.0739 e. The lowest BCUT2D eigenvalue weighted by Crippen LogP contribution is -1.65. The molecular weight excluding hydrogens is 215 g/mol. The maximum atomic E-state index is 5.96. The van der Waals surface area contributed by atoms with Gasteiger partial charge in [-0.1, -0.05) is 52.6 Å². The van der Waals surface area contributed by atoms with E-state index in [1.165, 1.54) is 0 Å². The molecule has 0 radical (unpaired) electrons. The lowest BCUT2D eigenvalue weighted by atomic mass is 10.4. The van der Waals surface area contributed by atoms with Crippen molar-refractivity contribution in [2.24, 2.45) is 0 Å². The van der Waals surface area contributed by atoms with E-state index in [0.717, 1.165) is 4.90 Å². The van der Waals surface area contributed by atoms with Crippen molar-refractivity contribution < 1.29 is 0 Å². The molecule has 0 amide bonds. The van der Waals surface area contributed by atoms with Crippen molar-refractivity contribution in [1.29, 1.82) is 0 Å². The van der Waals surface area contributed by atoms with Crippen LogP contribution in [0.5, 0.6) is 0 Å². The van der Waals surface area contributed by atoms with Gasteiger partial charge in [-0.15, -0.1) is 0 Å². The molecule has 60 valence electrons. The summed E-state index contributed by atoms with van der Waals surface area (Å²) in [7, 11) is 0. The van der Waals surface area contributed by atoms with E-state index in [2.05, 4.69) is 0 Å². The molecule has 1 aromatic carbocycles. The zero-order chi connectivity index (χ0) is 8.32. The molecular formula is C7H8ClPS2. The van der Waals surface area contributed by atoms with Crippen molar-refractivity contribution in [3.63, 3.8) is 0 Å². The van der Waals surface area contributed by atoms with E-state index in [0.29, 0.717) is 0 Å². The van der Waals surface area contributed by atoms with Crippen molar-refractivity contribution >= 4 is 39.0 Å². The van der Waals surface area contributed by atoms with Crippen molar-refractivity contribution in [2.75, 3.05) is 6.66 Å². The third kappa shape index (κ3) is 4.17. The Balaban J connectivity index is 2.74. The summed E-state index contributed by atoms with van der Waals surface area (Å²) >= 11 is 12.7. The summed E-state index contributed by atoms with van der Waals surface area (Å²) < 4.78 is -1.67. The Kier molecular flexibility index (Phi) is 3.45. The molecule has 0 aliphatic carbocycles. The summed E-state index contributed by atoms with van der Waals surface area (Å²) in [6.45, 7) is 1.92. The Bertz CT molecular complexity index is 267. The monoisotopic (exact) mass is 222 g/mol. The first-order valence-corrected chi connectivity index (χ1v) is 8.67. The molecule has 0 aliphatic heterocycles. The largest absolute Gasteiger partial charge is 0.0905 e. The Morgan fingerprint density at radius 2 is 1.91 bits per heavy atom. The van der Waals surface area contributed by atoms with Gasteiger partial charge in [-0.2, -0.15) is 0 Å². The summed E-state index contributed by atoms with van der Waals surface area (Å²) in [5, 5.41) is 0. The van der Waals surface area contributed by atoms with Crippen LogP contribution in [0.4, 0.5) is 0 Å². The molecule has 0 aliphatic rings. The summed E-state index contributed by atoms with van der Waals surface area (Å²) in [6, 6.07) is 10.0. The minimum atomic E-state index is -1.67. The average molecular weight is 223 g/mol. The van der Waals surface area contributed by atoms with Crippen molar-refractivity contribution in [3.05, 3.63) is 30.3 Å². The fourth-order valence-electron chi connectivity index (χ4n) is 0.670. The lowest BCUT2D eigenvalue weighted by Gasteiger charge is -2.05. The minimum absolute atomic E-state index is 1.16. The van der Waals surface area contributed by atoms with E-state index >= 15 is 0 Å². The van der Waals surface area contributed by atoms with Crippen LogP contribution in [0.1, 0.15) is 0 Å². The van der Waals surface area contributed by atoms with Crippen LogP contribution in [0, 0.1) is 0 Å². The maximum absolute atomic E-state index is 5.96. The fraction of sp³-hybridized carbons (Fsp3) is 0.143. The Labute approximate surface area is 80.9 Å². The van der Waals surface area contributed by atoms with Gasteiger partial charge in [-0.05, 0) is 18.8 Å². The average Bonchev–Trinajstić information content (AvgIpc) is 1.85. The topological polar surface area (TPSA) is 0 Å². The molecule has 1 atom stereocenters. The Morgan fingerprint density at radius 1 is 1.36 bits per heavy atom. The molecule has 1 rings (SSSR count). The molecule has 0 spiro atoms. The summed E-state index contributed by atoms with van der Waals surface area (Å²) in [5.41, 5.74) is 0. The van der Waals surface area contributed by atoms with E-state index in [-0.39, 0.29) is 0 Å². The summed E-state index contributed by atoms with van der Waals surface area (Å²) in [4.78, 5) is 1.16. The zero-order valence-corrected chi connectivity index (χ0v) is 9.31. The number of benzene rings is 1. The molecule has 0 aromatic heterocycles. The van der Waals surface area contributed by atoms with E-state index < -0.39 is 4.59 Å². The second-order valence-corrected chi connectivity index (χ2v) is 13.2. The van der Waals surface area contributed by atoms with E-state index in [1.54, 1.807) is 11.4 Å². The van der Waals surface area contributed by atoms with Crippen LogP contribution in [0.3, 0.4) is 0 Å². The first kappa shape index (κ1) is 9.60. The van der Waals surface area contributed by atoms with Crippen LogP contribution in [-0.2, 0) is 11.8 Å². The van der Waals surface area contributed by atoms with Crippen LogP contribution in [0.2, 0.25) is 0 Å². The van der Waals surface area contributed by atoms with Crippen molar-refractivity contribution in [3.8, 4) is 0 Å². The highest BCUT2D eigenvalue weighted by Crippen LogP contribution is 2.63. The first-order valence-electron chi connectivity index (χ1n) is 3.10. The van der Waals surface area contributed by atoms with E-state index in [9.17, 15) is 0 Å². The molecule has 1 unspecified atom stereocenters. The van der Waals surface area contributed by atoms with E-state index in [1.807, 2.05) is 37.0 Å². The second kappa shape index (κ2) is 3.95. The van der Waals surface area contributed by atoms with Crippen LogP contribution >= 0.6 is 27.2 Å². The van der Waals surface area contributed by atoms with Gasteiger partial charge in [0, 0.05) is 4.90 Å². The summed E-state index contributed by atoms with van der Waals surface area (Å²) in [5.74, 6) is 0. The Morgan fingerprint density at radius 3 is 2.36 bits per heavy atom. The quantitative estimate of drug-likeness (QED) is 0.695. The summed E-state index contributed by atoms with van der Waals surface area (Å²) in [6.07, 6.45) is 0. The first-order chi connectivity index (χ1) is 5.08. The highest BCUT2D eigenvalue weighted by atomic mass is 35.7.